The van der Waals surface area contributed by atoms with Gasteiger partial charge in [0.25, 0.3) is 0 Å². The smallest absolute Gasteiger partial charge is 0.240 e. The number of benzene rings is 1. The van der Waals surface area contributed by atoms with Crippen LogP contribution in [0, 0.1) is 5.41 Å². The first-order valence-corrected chi connectivity index (χ1v) is 6.64. The second-order valence-corrected chi connectivity index (χ2v) is 5.53. The van der Waals surface area contributed by atoms with E-state index in [1.807, 2.05) is 6.07 Å². The first kappa shape index (κ1) is 14.3. The second-order valence-electron chi connectivity index (χ2n) is 4.61. The molecule has 1 aliphatic heterocycles. The molecule has 0 unspecified atom stereocenters. The maximum Gasteiger partial charge on any atom is 0.240 e. The number of amides is 1. The van der Waals surface area contributed by atoms with Crippen LogP contribution in [0.4, 0.5) is 5.69 Å². The van der Waals surface area contributed by atoms with E-state index < -0.39 is 5.41 Å². The van der Waals surface area contributed by atoms with Crippen molar-refractivity contribution in [3.8, 4) is 5.75 Å². The van der Waals surface area contributed by atoms with Gasteiger partial charge in [-0.15, -0.1) is 0 Å². The summed E-state index contributed by atoms with van der Waals surface area (Å²) in [7, 11) is 3.22. The molecule has 1 aliphatic rings. The minimum atomic E-state index is -0.817. The minimum absolute atomic E-state index is 0.169. The van der Waals surface area contributed by atoms with Crippen LogP contribution in [0.1, 0.15) is 0 Å². The minimum Gasteiger partial charge on any atom is -0.495 e. The summed E-state index contributed by atoms with van der Waals surface area (Å²) in [4.78, 5) is 14.0. The van der Waals surface area contributed by atoms with Crippen LogP contribution in [0.5, 0.6) is 5.75 Å². The fourth-order valence-corrected chi connectivity index (χ4v) is 2.37. The summed E-state index contributed by atoms with van der Waals surface area (Å²) in [5.41, 5.74) is -0.163. The predicted octanol–water partition coefficient (Wildman–Crippen LogP) is 1.43. The van der Waals surface area contributed by atoms with Crippen LogP contribution in [0.2, 0.25) is 0 Å². The highest BCUT2D eigenvalue weighted by atomic mass is 79.9. The summed E-state index contributed by atoms with van der Waals surface area (Å²) in [5.74, 6) is 0.435. The zero-order valence-electron chi connectivity index (χ0n) is 10.9. The van der Waals surface area contributed by atoms with E-state index in [0.29, 0.717) is 11.4 Å². The topological polar surface area (TPSA) is 59.0 Å². The Morgan fingerprint density at radius 2 is 2.26 bits per heavy atom. The van der Waals surface area contributed by atoms with Crippen molar-refractivity contribution in [3.05, 3.63) is 22.7 Å². The molecule has 19 heavy (non-hydrogen) atoms. The number of hydrogen-bond donors (Lipinski definition) is 1. The summed E-state index contributed by atoms with van der Waals surface area (Å²) >= 11 is 3.37. The van der Waals surface area contributed by atoms with Crippen molar-refractivity contribution >= 4 is 27.5 Å². The van der Waals surface area contributed by atoms with Crippen molar-refractivity contribution < 1.29 is 19.4 Å². The molecular formula is C13H16BrNO4. The van der Waals surface area contributed by atoms with Crippen LogP contribution in [-0.2, 0) is 9.53 Å². The second kappa shape index (κ2) is 5.48. The fourth-order valence-electron chi connectivity index (χ4n) is 2.02. The third kappa shape index (κ3) is 2.48. The van der Waals surface area contributed by atoms with Gasteiger partial charge in [-0.2, -0.15) is 0 Å². The Hall–Kier alpha value is -1.11. The molecule has 1 fully saturated rings. The number of nitrogens with zero attached hydrogens (tertiary/aromatic N) is 1. The lowest BCUT2D eigenvalue weighted by atomic mass is 9.85. The molecule has 0 spiro atoms. The van der Waals surface area contributed by atoms with Crippen molar-refractivity contribution in [1.82, 2.24) is 0 Å². The molecule has 5 nitrogen and oxygen atoms in total. The van der Waals surface area contributed by atoms with E-state index in [-0.39, 0.29) is 25.7 Å². The number of carbonyl (C=O) groups is 1. The van der Waals surface area contributed by atoms with E-state index in [1.54, 1.807) is 26.3 Å². The Balaban J connectivity index is 2.31. The standard InChI is InChI=1S/C13H16BrNO4/c1-15(12(17)13(6-16)7-19-8-13)10-5-9(14)3-4-11(10)18-2/h3-5,16H,6-8H2,1-2H3. The SMILES string of the molecule is COc1ccc(Br)cc1N(C)C(=O)C1(CO)COC1. The fraction of sp³-hybridized carbons (Fsp3) is 0.462. The molecule has 2 rings (SSSR count). The van der Waals surface area contributed by atoms with Crippen LogP contribution in [0.25, 0.3) is 0 Å². The van der Waals surface area contributed by atoms with Gasteiger partial charge in [0.2, 0.25) is 5.91 Å². The maximum absolute atomic E-state index is 12.5. The highest BCUT2D eigenvalue weighted by Crippen LogP contribution is 2.35. The quantitative estimate of drug-likeness (QED) is 0.907. The van der Waals surface area contributed by atoms with Gasteiger partial charge in [-0.05, 0) is 18.2 Å². The monoisotopic (exact) mass is 329 g/mol. The Kier molecular flexibility index (Phi) is 4.13. The molecule has 1 aromatic carbocycles. The molecule has 0 radical (unpaired) electrons. The van der Waals surface area contributed by atoms with E-state index in [4.69, 9.17) is 9.47 Å². The number of carbonyl (C=O) groups excluding carboxylic acids is 1. The molecule has 104 valence electrons. The van der Waals surface area contributed by atoms with Crippen molar-refractivity contribution in [2.45, 2.75) is 0 Å². The van der Waals surface area contributed by atoms with Gasteiger partial charge in [0, 0.05) is 11.5 Å². The number of halogens is 1. The van der Waals surface area contributed by atoms with E-state index in [9.17, 15) is 9.90 Å². The van der Waals surface area contributed by atoms with Gasteiger partial charge in [-0.25, -0.2) is 0 Å². The molecule has 6 heteroatoms. The third-order valence-corrected chi connectivity index (χ3v) is 3.81. The van der Waals surface area contributed by atoms with Crippen LogP contribution in [0.3, 0.4) is 0 Å². The zero-order valence-corrected chi connectivity index (χ0v) is 12.4. The number of rotatable bonds is 4. The Bertz CT molecular complexity index is 482. The lowest BCUT2D eigenvalue weighted by Crippen LogP contribution is -2.56. The summed E-state index contributed by atoms with van der Waals surface area (Å²) in [6, 6.07) is 5.43. The number of aliphatic hydroxyl groups is 1. The molecule has 0 aromatic heterocycles. The van der Waals surface area contributed by atoms with E-state index in [0.717, 1.165) is 4.47 Å². The summed E-state index contributed by atoms with van der Waals surface area (Å²) in [6.07, 6.45) is 0. The number of hydrogen-bond acceptors (Lipinski definition) is 4. The Morgan fingerprint density at radius 3 is 2.74 bits per heavy atom. The Labute approximate surface area is 120 Å². The van der Waals surface area contributed by atoms with Gasteiger partial charge >= 0.3 is 0 Å². The van der Waals surface area contributed by atoms with Gasteiger partial charge in [0.1, 0.15) is 11.2 Å². The summed E-state index contributed by atoms with van der Waals surface area (Å²) in [6.45, 7) is 0.290. The van der Waals surface area contributed by atoms with Gasteiger partial charge in [0.05, 0.1) is 32.6 Å². The van der Waals surface area contributed by atoms with Crippen LogP contribution >= 0.6 is 15.9 Å². The van der Waals surface area contributed by atoms with Crippen LogP contribution < -0.4 is 9.64 Å². The number of methoxy groups -OCH3 is 1. The summed E-state index contributed by atoms with van der Waals surface area (Å²) in [5, 5.41) is 9.42. The van der Waals surface area contributed by atoms with Crippen LogP contribution in [-0.4, -0.2) is 45.0 Å². The van der Waals surface area contributed by atoms with Gasteiger partial charge < -0.3 is 19.5 Å². The van der Waals surface area contributed by atoms with E-state index >= 15 is 0 Å². The Morgan fingerprint density at radius 1 is 1.58 bits per heavy atom. The van der Waals surface area contributed by atoms with Gasteiger partial charge in [0.15, 0.2) is 0 Å². The lowest BCUT2D eigenvalue weighted by molar-refractivity contribution is -0.166. The van der Waals surface area contributed by atoms with Crippen molar-refractivity contribution in [3.63, 3.8) is 0 Å². The van der Waals surface area contributed by atoms with Gasteiger partial charge in [-0.3, -0.25) is 4.79 Å². The number of aliphatic hydroxyl groups excluding tert-OH is 1. The molecule has 1 heterocycles. The van der Waals surface area contributed by atoms with Crippen molar-refractivity contribution in [2.75, 3.05) is 38.9 Å². The number of ether oxygens (including phenoxy) is 2. The normalized spacial score (nSPS) is 16.6. The molecule has 0 atom stereocenters. The molecule has 0 aliphatic carbocycles. The number of anilines is 1. The third-order valence-electron chi connectivity index (χ3n) is 3.32. The highest BCUT2D eigenvalue weighted by molar-refractivity contribution is 9.10. The highest BCUT2D eigenvalue weighted by Gasteiger charge is 2.47. The first-order chi connectivity index (χ1) is 9.04. The van der Waals surface area contributed by atoms with E-state index in [1.165, 1.54) is 4.90 Å². The summed E-state index contributed by atoms with van der Waals surface area (Å²) < 4.78 is 11.2. The van der Waals surface area contributed by atoms with E-state index in [2.05, 4.69) is 15.9 Å². The average molecular weight is 330 g/mol. The zero-order chi connectivity index (χ0) is 14.0. The molecule has 1 amide bonds. The van der Waals surface area contributed by atoms with Crippen molar-refractivity contribution in [1.29, 1.82) is 0 Å². The molecule has 1 aromatic rings. The molecule has 1 N–H and O–H groups in total. The first-order valence-electron chi connectivity index (χ1n) is 5.84. The molecular weight excluding hydrogens is 314 g/mol. The molecule has 1 saturated heterocycles. The lowest BCUT2D eigenvalue weighted by Gasteiger charge is -2.40. The molecule has 0 saturated carbocycles. The van der Waals surface area contributed by atoms with Gasteiger partial charge in [-0.1, -0.05) is 15.9 Å². The van der Waals surface area contributed by atoms with Crippen LogP contribution in [0.15, 0.2) is 22.7 Å². The largest absolute Gasteiger partial charge is 0.495 e. The maximum atomic E-state index is 12.5. The van der Waals surface area contributed by atoms with Crippen molar-refractivity contribution in [2.24, 2.45) is 5.41 Å². The molecule has 0 bridgehead atoms. The predicted molar refractivity (Wildman–Crippen MR) is 74.4 cm³/mol. The average Bonchev–Trinajstić information content (AvgIpc) is 2.37.